The molecule has 0 aromatic heterocycles. The van der Waals surface area contributed by atoms with Crippen LogP contribution in [0.4, 0.5) is 5.69 Å². The average molecular weight is 500 g/mol. The predicted molar refractivity (Wildman–Crippen MR) is 132 cm³/mol. The van der Waals surface area contributed by atoms with Gasteiger partial charge in [-0.05, 0) is 43.5 Å². The van der Waals surface area contributed by atoms with E-state index in [0.717, 1.165) is 18.8 Å². The van der Waals surface area contributed by atoms with Crippen molar-refractivity contribution in [3.05, 3.63) is 39.7 Å². The number of carbonyl (C=O) groups is 3. The highest BCUT2D eigenvalue weighted by Gasteiger charge is 2.60. The number of Topliss-reactive ketones (excluding diaryl/α,β-unsaturated/α-hetero) is 2. The van der Waals surface area contributed by atoms with Crippen LogP contribution in [0, 0.1) is 11.8 Å². The van der Waals surface area contributed by atoms with Crippen molar-refractivity contribution in [3.63, 3.8) is 0 Å². The van der Waals surface area contributed by atoms with Gasteiger partial charge in [0.25, 0.3) is 5.91 Å². The minimum absolute atomic E-state index is 0.109. The van der Waals surface area contributed by atoms with E-state index in [0.29, 0.717) is 17.7 Å². The molecule has 10 heteroatoms. The summed E-state index contributed by atoms with van der Waals surface area (Å²) < 4.78 is 0. The second-order valence-corrected chi connectivity index (χ2v) is 10.0. The van der Waals surface area contributed by atoms with Crippen molar-refractivity contribution in [1.82, 2.24) is 4.90 Å². The molecule has 0 aliphatic heterocycles. The lowest BCUT2D eigenvalue weighted by molar-refractivity contribution is -0.147. The zero-order chi connectivity index (χ0) is 26.7. The number of amides is 1. The molecule has 0 heterocycles. The van der Waals surface area contributed by atoms with Crippen LogP contribution < -0.4 is 10.6 Å². The normalized spacial score (nSPS) is 25.6. The number of fused-ring (bicyclic) bond motifs is 3. The highest BCUT2D eigenvalue weighted by atomic mass is 16.3. The van der Waals surface area contributed by atoms with E-state index in [9.17, 15) is 34.8 Å². The summed E-state index contributed by atoms with van der Waals surface area (Å²) >= 11 is 0. The van der Waals surface area contributed by atoms with Crippen molar-refractivity contribution in [2.45, 2.75) is 45.3 Å². The lowest BCUT2D eigenvalue weighted by Gasteiger charge is -2.46. The van der Waals surface area contributed by atoms with Crippen LogP contribution in [-0.2, 0) is 27.3 Å². The number of phenolic OH excluding ortho intramolecular Hbond substituents is 1. The van der Waals surface area contributed by atoms with Crippen molar-refractivity contribution in [1.29, 1.82) is 0 Å². The molecule has 1 aromatic rings. The summed E-state index contributed by atoms with van der Waals surface area (Å²) in [6.45, 7) is 5.93. The van der Waals surface area contributed by atoms with Gasteiger partial charge in [0.1, 0.15) is 22.8 Å². The summed E-state index contributed by atoms with van der Waals surface area (Å²) in [4.78, 5) is 41.9. The number of aliphatic hydroxyl groups excluding tert-OH is 2. The molecule has 1 fully saturated rings. The molecular weight excluding hydrogens is 466 g/mol. The van der Waals surface area contributed by atoms with E-state index in [2.05, 4.69) is 4.90 Å². The van der Waals surface area contributed by atoms with Gasteiger partial charge in [0.15, 0.2) is 11.4 Å². The molecule has 3 unspecified atom stereocenters. The summed E-state index contributed by atoms with van der Waals surface area (Å²) in [5.41, 5.74) is 3.88. The molecule has 36 heavy (non-hydrogen) atoms. The number of nitrogens with two attached hydrogens (primary N) is 1. The van der Waals surface area contributed by atoms with Crippen molar-refractivity contribution in [2.75, 3.05) is 32.1 Å². The van der Waals surface area contributed by atoms with E-state index in [1.165, 1.54) is 0 Å². The summed E-state index contributed by atoms with van der Waals surface area (Å²) in [5, 5.41) is 44.7. The molecule has 1 aromatic carbocycles. The number of rotatable bonds is 6. The quantitative estimate of drug-likeness (QED) is 0.363. The fourth-order valence-corrected chi connectivity index (χ4v) is 5.93. The van der Waals surface area contributed by atoms with Gasteiger partial charge in [-0.1, -0.05) is 13.8 Å². The molecule has 3 aliphatic rings. The van der Waals surface area contributed by atoms with Gasteiger partial charge >= 0.3 is 0 Å². The second-order valence-electron chi connectivity index (χ2n) is 10.0. The van der Waals surface area contributed by atoms with Crippen LogP contribution in [-0.4, -0.2) is 75.6 Å². The Morgan fingerprint density at radius 2 is 1.78 bits per heavy atom. The summed E-state index contributed by atoms with van der Waals surface area (Å²) in [7, 11) is 3.70. The Bertz CT molecular complexity index is 1230. The number of ketones is 2. The van der Waals surface area contributed by atoms with E-state index >= 15 is 0 Å². The lowest BCUT2D eigenvalue weighted by Crippen LogP contribution is -2.58. The highest BCUT2D eigenvalue weighted by molar-refractivity contribution is 6.22. The van der Waals surface area contributed by atoms with Gasteiger partial charge in [0.2, 0.25) is 5.78 Å². The SMILES string of the molecule is CCN(CC)Cc1cc(N(C)C)c2c(c1O)C(O)=C1C(=O)C3(O)C(O)=C(C(N)=O)C(=O)CC3CC1C2. The number of aromatic hydroxyl groups is 1. The van der Waals surface area contributed by atoms with E-state index in [-0.39, 0.29) is 36.1 Å². The molecule has 3 aliphatic carbocycles. The van der Waals surface area contributed by atoms with E-state index in [1.807, 2.05) is 38.9 Å². The fraction of sp³-hybridized carbons (Fsp3) is 0.500. The van der Waals surface area contributed by atoms with Gasteiger partial charge in [-0.25, -0.2) is 0 Å². The Morgan fingerprint density at radius 3 is 2.33 bits per heavy atom. The first-order valence-electron chi connectivity index (χ1n) is 12.1. The summed E-state index contributed by atoms with van der Waals surface area (Å²) in [6.07, 6.45) is 0.0509. The van der Waals surface area contributed by atoms with Gasteiger partial charge in [0.05, 0.1) is 5.56 Å². The Hall–Kier alpha value is -3.37. The molecule has 3 atom stereocenters. The van der Waals surface area contributed by atoms with Crippen LogP contribution >= 0.6 is 0 Å². The molecule has 1 amide bonds. The minimum atomic E-state index is -2.56. The first-order valence-corrected chi connectivity index (χ1v) is 12.1. The Kier molecular flexibility index (Phi) is 6.38. The topological polar surface area (TPSA) is 165 Å². The molecule has 4 rings (SSSR count). The van der Waals surface area contributed by atoms with Crippen molar-refractivity contribution in [3.8, 4) is 5.75 Å². The van der Waals surface area contributed by atoms with Crippen molar-refractivity contribution in [2.24, 2.45) is 17.6 Å². The number of phenols is 1. The average Bonchev–Trinajstić information content (AvgIpc) is 2.80. The molecule has 0 bridgehead atoms. The Balaban J connectivity index is 1.93. The Labute approximate surface area is 209 Å². The largest absolute Gasteiger partial charge is 0.508 e. The smallest absolute Gasteiger partial charge is 0.255 e. The van der Waals surface area contributed by atoms with E-state index in [1.54, 1.807) is 0 Å². The van der Waals surface area contributed by atoms with E-state index in [4.69, 9.17) is 5.73 Å². The van der Waals surface area contributed by atoms with Gasteiger partial charge in [-0.15, -0.1) is 0 Å². The third-order valence-electron chi connectivity index (χ3n) is 7.89. The third-order valence-corrected chi connectivity index (χ3v) is 7.89. The van der Waals surface area contributed by atoms with Gasteiger partial charge < -0.3 is 31.1 Å². The number of hydrogen-bond donors (Lipinski definition) is 5. The first kappa shape index (κ1) is 25.7. The highest BCUT2D eigenvalue weighted by Crippen LogP contribution is 2.53. The number of hydrogen-bond acceptors (Lipinski definition) is 9. The minimum Gasteiger partial charge on any atom is -0.508 e. The second kappa shape index (κ2) is 8.94. The number of carbonyl (C=O) groups excluding carboxylic acids is 3. The maximum atomic E-state index is 13.7. The van der Waals surface area contributed by atoms with Crippen LogP contribution in [0.3, 0.4) is 0 Å². The predicted octanol–water partition coefficient (Wildman–Crippen LogP) is 1.33. The molecule has 6 N–H and O–H groups in total. The van der Waals surface area contributed by atoms with Crippen LogP contribution in [0.2, 0.25) is 0 Å². The number of aliphatic hydroxyl groups is 3. The summed E-state index contributed by atoms with van der Waals surface area (Å²) in [6, 6.07) is 1.88. The molecule has 1 saturated carbocycles. The zero-order valence-corrected chi connectivity index (χ0v) is 21.0. The number of primary amides is 1. The fourth-order valence-electron chi connectivity index (χ4n) is 5.93. The molecule has 0 spiro atoms. The van der Waals surface area contributed by atoms with Gasteiger partial charge in [-0.3, -0.25) is 19.3 Å². The van der Waals surface area contributed by atoms with E-state index < -0.39 is 52.0 Å². The van der Waals surface area contributed by atoms with Crippen molar-refractivity contribution < 1.29 is 34.8 Å². The molecule has 0 radical (unpaired) electrons. The van der Waals surface area contributed by atoms with Crippen LogP contribution in [0.15, 0.2) is 23.0 Å². The molecular formula is C26H33N3O7. The summed E-state index contributed by atoms with van der Waals surface area (Å²) in [5.74, 6) is -6.19. The number of nitrogens with zero attached hydrogens (tertiary/aromatic N) is 2. The van der Waals surface area contributed by atoms with Crippen LogP contribution in [0.5, 0.6) is 5.75 Å². The third kappa shape index (κ3) is 3.58. The Morgan fingerprint density at radius 1 is 1.14 bits per heavy atom. The lowest BCUT2D eigenvalue weighted by atomic mass is 9.59. The molecule has 194 valence electrons. The van der Waals surface area contributed by atoms with Gasteiger partial charge in [0, 0.05) is 49.8 Å². The number of benzene rings is 1. The van der Waals surface area contributed by atoms with Crippen LogP contribution in [0.25, 0.3) is 5.76 Å². The van der Waals surface area contributed by atoms with Crippen LogP contribution in [0.1, 0.15) is 43.4 Å². The monoisotopic (exact) mass is 499 g/mol. The molecule has 10 nitrogen and oxygen atoms in total. The standard InChI is InChI=1S/C26H33N3O7/c1-5-29(6-2)11-13-9-16(28(3)4)15-8-12-7-14-10-17(30)20(25(27)35)24(34)26(14,36)23(33)18(12)22(32)19(15)21(13)31/h9,12,14,31-32,34,36H,5-8,10-11H2,1-4H3,(H2,27,35). The van der Waals surface area contributed by atoms with Crippen molar-refractivity contribution >= 4 is 28.9 Å². The molecule has 0 saturated heterocycles. The zero-order valence-electron chi connectivity index (χ0n) is 21.0. The van der Waals surface area contributed by atoms with Gasteiger partial charge in [-0.2, -0.15) is 0 Å². The maximum absolute atomic E-state index is 13.7. The number of anilines is 1. The maximum Gasteiger partial charge on any atom is 0.255 e. The first-order chi connectivity index (χ1) is 16.9.